The summed E-state index contributed by atoms with van der Waals surface area (Å²) in [4.78, 5) is 30.4. The lowest BCUT2D eigenvalue weighted by atomic mass is 9.93. The first-order valence-corrected chi connectivity index (χ1v) is 11.8. The monoisotopic (exact) mass is 468 g/mol. The lowest BCUT2D eigenvalue weighted by Gasteiger charge is -2.28. The second kappa shape index (κ2) is 9.01. The lowest BCUT2D eigenvalue weighted by Crippen LogP contribution is -2.36. The summed E-state index contributed by atoms with van der Waals surface area (Å²) in [6, 6.07) is 11.9. The lowest BCUT2D eigenvalue weighted by molar-refractivity contribution is -0.121. The molecule has 0 bridgehead atoms. The van der Waals surface area contributed by atoms with Crippen LogP contribution in [0.4, 0.5) is 5.69 Å². The number of anilines is 1. The van der Waals surface area contributed by atoms with Crippen molar-refractivity contribution in [2.24, 2.45) is 13.0 Å². The maximum absolute atomic E-state index is 13.5. The number of nitrogens with zero attached hydrogens (tertiary/aromatic N) is 5. The van der Waals surface area contributed by atoms with Crippen LogP contribution < -0.4 is 5.32 Å². The second-order valence-electron chi connectivity index (χ2n) is 9.50. The van der Waals surface area contributed by atoms with Crippen molar-refractivity contribution in [2.45, 2.75) is 19.4 Å². The van der Waals surface area contributed by atoms with Crippen molar-refractivity contribution in [2.75, 3.05) is 32.0 Å². The molecule has 5 rings (SSSR count). The fourth-order valence-corrected chi connectivity index (χ4v) is 5.06. The van der Waals surface area contributed by atoms with E-state index in [9.17, 15) is 14.9 Å². The highest BCUT2D eigenvalue weighted by molar-refractivity contribution is 6.09. The number of piperidine rings is 1. The summed E-state index contributed by atoms with van der Waals surface area (Å²) < 4.78 is 1.82. The van der Waals surface area contributed by atoms with Gasteiger partial charge in [-0.05, 0) is 61.8 Å². The van der Waals surface area contributed by atoms with E-state index in [1.807, 2.05) is 48.3 Å². The molecular formula is C27H28N6O2. The predicted molar refractivity (Wildman–Crippen MR) is 134 cm³/mol. The van der Waals surface area contributed by atoms with Crippen molar-refractivity contribution in [3.8, 4) is 17.2 Å². The van der Waals surface area contributed by atoms with Crippen molar-refractivity contribution >= 4 is 28.4 Å². The number of fused-ring (bicyclic) bond motifs is 2. The summed E-state index contributed by atoms with van der Waals surface area (Å²) in [6.07, 6.45) is 3.43. The zero-order valence-corrected chi connectivity index (χ0v) is 20.0. The maximum Gasteiger partial charge on any atom is 0.256 e. The van der Waals surface area contributed by atoms with Gasteiger partial charge in [0.1, 0.15) is 0 Å². The van der Waals surface area contributed by atoms with Crippen LogP contribution in [0, 0.1) is 17.2 Å². The van der Waals surface area contributed by atoms with E-state index in [0.29, 0.717) is 23.4 Å². The van der Waals surface area contributed by atoms with E-state index in [-0.39, 0.29) is 24.3 Å². The van der Waals surface area contributed by atoms with Gasteiger partial charge in [0.25, 0.3) is 5.91 Å². The number of hydrogen-bond donors (Lipinski definition) is 1. The largest absolute Gasteiger partial charge is 0.329 e. The van der Waals surface area contributed by atoms with E-state index in [1.165, 1.54) is 0 Å². The van der Waals surface area contributed by atoms with E-state index in [4.69, 9.17) is 0 Å². The van der Waals surface area contributed by atoms with E-state index < -0.39 is 0 Å². The van der Waals surface area contributed by atoms with Gasteiger partial charge in [-0.2, -0.15) is 10.4 Å². The van der Waals surface area contributed by atoms with Crippen LogP contribution in [0.25, 0.3) is 22.0 Å². The molecule has 2 aliphatic heterocycles. The van der Waals surface area contributed by atoms with Crippen LogP contribution in [0.1, 0.15) is 28.8 Å². The first kappa shape index (κ1) is 22.8. The highest BCUT2D eigenvalue weighted by atomic mass is 16.2. The summed E-state index contributed by atoms with van der Waals surface area (Å²) in [6.45, 7) is 6.03. The summed E-state index contributed by atoms with van der Waals surface area (Å²) in [5.74, 6) is -0.310. The van der Waals surface area contributed by atoms with Crippen molar-refractivity contribution in [3.63, 3.8) is 0 Å². The van der Waals surface area contributed by atoms with E-state index in [1.54, 1.807) is 4.90 Å². The Morgan fingerprint density at radius 2 is 2.00 bits per heavy atom. The molecule has 2 amide bonds. The van der Waals surface area contributed by atoms with Crippen LogP contribution in [0.2, 0.25) is 0 Å². The Bertz CT molecular complexity index is 1390. The van der Waals surface area contributed by atoms with Crippen molar-refractivity contribution in [1.29, 1.82) is 5.26 Å². The Balaban J connectivity index is 1.53. The number of rotatable bonds is 5. The van der Waals surface area contributed by atoms with Crippen molar-refractivity contribution < 1.29 is 9.59 Å². The zero-order chi connectivity index (χ0) is 24.7. The van der Waals surface area contributed by atoms with Crippen LogP contribution in [0.5, 0.6) is 0 Å². The molecule has 1 N–H and O–H groups in total. The number of hydrogen-bond acceptors (Lipinski definition) is 5. The summed E-state index contributed by atoms with van der Waals surface area (Å²) in [7, 11) is 3.96. The number of likely N-dealkylation sites (tertiary alicyclic amines) is 1. The second-order valence-corrected chi connectivity index (χ2v) is 9.50. The number of carbonyl (C=O) groups is 2. The van der Waals surface area contributed by atoms with Gasteiger partial charge in [-0.3, -0.25) is 14.3 Å². The number of benzene rings is 2. The SMILES string of the molecule is C=C(C#N)CN1Cc2c(-c3ccc4cnn(C)c4c3)ccc(NC(=O)C3CCN(C)CC3)c2C1=O. The summed E-state index contributed by atoms with van der Waals surface area (Å²) in [5, 5.41) is 17.6. The third-order valence-electron chi connectivity index (χ3n) is 7.11. The zero-order valence-electron chi connectivity index (χ0n) is 20.0. The molecule has 0 saturated carbocycles. The van der Waals surface area contributed by atoms with Gasteiger partial charge in [-0.1, -0.05) is 24.8 Å². The van der Waals surface area contributed by atoms with Gasteiger partial charge in [0, 0.05) is 30.5 Å². The van der Waals surface area contributed by atoms with Gasteiger partial charge in [-0.25, -0.2) is 0 Å². The smallest absolute Gasteiger partial charge is 0.256 e. The molecule has 1 fully saturated rings. The molecule has 2 aliphatic rings. The molecule has 3 aromatic rings. The Kier molecular flexibility index (Phi) is 5.87. The molecule has 8 heteroatoms. The molecule has 0 atom stereocenters. The van der Waals surface area contributed by atoms with E-state index in [2.05, 4.69) is 35.0 Å². The standard InChI is InChI=1S/C27H28N6O2/c1-17(13-28)15-33-16-22-21(19-4-5-20-14-29-32(3)24(20)12-19)6-7-23(25(22)27(33)35)30-26(34)18-8-10-31(2)11-9-18/h4-7,12,14,18H,1,8-11,15-16H2,2-3H3,(H,30,34). The minimum atomic E-state index is -0.196. The van der Waals surface area contributed by atoms with Gasteiger partial charge in [-0.15, -0.1) is 0 Å². The van der Waals surface area contributed by atoms with Gasteiger partial charge in [0.2, 0.25) is 5.91 Å². The molecule has 35 heavy (non-hydrogen) atoms. The maximum atomic E-state index is 13.5. The van der Waals surface area contributed by atoms with Crippen LogP contribution >= 0.6 is 0 Å². The molecule has 0 spiro atoms. The van der Waals surface area contributed by atoms with Crippen molar-refractivity contribution in [1.82, 2.24) is 19.6 Å². The first-order chi connectivity index (χ1) is 16.9. The van der Waals surface area contributed by atoms with Gasteiger partial charge >= 0.3 is 0 Å². The molecule has 3 heterocycles. The third-order valence-corrected chi connectivity index (χ3v) is 7.11. The molecule has 0 aliphatic carbocycles. The average molecular weight is 469 g/mol. The number of amides is 2. The molecule has 0 unspecified atom stereocenters. The van der Waals surface area contributed by atoms with E-state index >= 15 is 0 Å². The molecule has 1 saturated heterocycles. The Hall–Kier alpha value is -3.96. The topological polar surface area (TPSA) is 94.3 Å². The first-order valence-electron chi connectivity index (χ1n) is 11.8. The molecule has 2 aromatic carbocycles. The van der Waals surface area contributed by atoms with E-state index in [0.717, 1.165) is 53.5 Å². The van der Waals surface area contributed by atoms with Gasteiger partial charge < -0.3 is 15.1 Å². The highest BCUT2D eigenvalue weighted by Gasteiger charge is 2.34. The predicted octanol–water partition coefficient (Wildman–Crippen LogP) is 3.56. The fraction of sp³-hybridized carbons (Fsp3) is 0.333. The molecule has 178 valence electrons. The van der Waals surface area contributed by atoms with Gasteiger partial charge in [0.15, 0.2) is 0 Å². The van der Waals surface area contributed by atoms with Gasteiger partial charge in [0.05, 0.1) is 35.6 Å². The summed E-state index contributed by atoms with van der Waals surface area (Å²) >= 11 is 0. The Morgan fingerprint density at radius 3 is 2.74 bits per heavy atom. The molecular weight excluding hydrogens is 440 g/mol. The molecule has 8 nitrogen and oxygen atoms in total. The normalized spacial score (nSPS) is 16.4. The average Bonchev–Trinajstić information content (AvgIpc) is 3.39. The Morgan fingerprint density at radius 1 is 1.23 bits per heavy atom. The number of aryl methyl sites for hydroxylation is 1. The Labute approximate surface area is 204 Å². The number of carbonyl (C=O) groups excluding carboxylic acids is 2. The molecule has 1 aromatic heterocycles. The quantitative estimate of drug-likeness (QED) is 0.578. The van der Waals surface area contributed by atoms with Crippen LogP contribution in [-0.4, -0.2) is 58.1 Å². The number of aromatic nitrogens is 2. The van der Waals surface area contributed by atoms with Crippen molar-refractivity contribution in [3.05, 3.63) is 59.8 Å². The number of nitriles is 1. The summed E-state index contributed by atoms with van der Waals surface area (Å²) in [5.41, 5.74) is 5.10. The minimum Gasteiger partial charge on any atom is -0.329 e. The molecule has 0 radical (unpaired) electrons. The third kappa shape index (κ3) is 4.19. The number of nitrogens with one attached hydrogen (secondary N) is 1. The fourth-order valence-electron chi connectivity index (χ4n) is 5.06. The van der Waals surface area contributed by atoms with Crippen LogP contribution in [-0.2, 0) is 18.4 Å². The highest BCUT2D eigenvalue weighted by Crippen LogP contribution is 2.38. The minimum absolute atomic E-state index is 0.0444. The van der Waals surface area contributed by atoms with Crippen LogP contribution in [0.3, 0.4) is 0 Å². The van der Waals surface area contributed by atoms with Crippen LogP contribution in [0.15, 0.2) is 48.7 Å².